The van der Waals surface area contributed by atoms with Crippen LogP contribution in [0.25, 0.3) is 43.9 Å². The molecule has 2 aromatic heterocycles. The summed E-state index contributed by atoms with van der Waals surface area (Å²) in [6, 6.07) is 27.2. The Bertz CT molecular complexity index is 2110. The van der Waals surface area contributed by atoms with Gasteiger partial charge in [-0.25, -0.2) is 0 Å². The van der Waals surface area contributed by atoms with Crippen LogP contribution in [-0.4, -0.2) is 35.0 Å². The van der Waals surface area contributed by atoms with Gasteiger partial charge in [0.2, 0.25) is 0 Å². The first-order valence-electron chi connectivity index (χ1n) is 23.1. The molecule has 0 N–H and O–H groups in total. The number of fused-ring (bicyclic) bond motifs is 6. The summed E-state index contributed by atoms with van der Waals surface area (Å²) in [5, 5.41) is 4.40. The van der Waals surface area contributed by atoms with Crippen LogP contribution >= 0.6 is 15.8 Å². The molecule has 4 aromatic carbocycles. The number of rotatable bonds is 7. The van der Waals surface area contributed by atoms with Crippen molar-refractivity contribution in [2.75, 3.05) is 12.3 Å². The molecule has 4 fully saturated rings. The van der Waals surface area contributed by atoms with E-state index in [1.807, 2.05) is 84.9 Å². The van der Waals surface area contributed by atoms with Crippen molar-refractivity contribution >= 4 is 59.7 Å². The molecule has 4 aliphatic rings. The summed E-state index contributed by atoms with van der Waals surface area (Å²) in [4.78, 5) is 0. The third-order valence-corrected chi connectivity index (χ3v) is 22.9. The molecule has 0 atom stereocenters. The summed E-state index contributed by atoms with van der Waals surface area (Å²) in [5.74, 6) is 4.71. The van der Waals surface area contributed by atoms with Crippen molar-refractivity contribution in [2.24, 2.45) is 0 Å². The van der Waals surface area contributed by atoms with E-state index in [4.69, 9.17) is 21.7 Å². The van der Waals surface area contributed by atoms with Gasteiger partial charge < -0.3 is 21.7 Å². The average Bonchev–Trinajstić information content (AvgIpc) is 3.87. The van der Waals surface area contributed by atoms with E-state index in [0.29, 0.717) is 0 Å². The van der Waals surface area contributed by atoms with Gasteiger partial charge in [0.15, 0.2) is 0 Å². The molecular formula is C54H64Au2O2P2+2. The van der Waals surface area contributed by atoms with Crippen molar-refractivity contribution in [3.8, 4) is 11.8 Å². The first-order valence-corrected chi connectivity index (χ1v) is 26.8. The van der Waals surface area contributed by atoms with E-state index in [-0.39, 0.29) is 60.6 Å². The molecule has 0 unspecified atom stereocenters. The Kier molecular flexibility index (Phi) is 19.1. The number of hydrogen-bond donors (Lipinski definition) is 0. The number of benzene rings is 4. The monoisotopic (exact) mass is 1200 g/mol. The minimum atomic E-state index is -0.0909. The minimum Gasteiger partial charge on any atom is -0.458 e. The molecule has 0 aliphatic heterocycles. The second kappa shape index (κ2) is 24.1. The quantitative estimate of drug-likeness (QED) is 0.0689. The van der Waals surface area contributed by atoms with Crippen LogP contribution in [0.3, 0.4) is 0 Å². The molecule has 10 rings (SSSR count). The van der Waals surface area contributed by atoms with Gasteiger partial charge in [-0.2, -0.15) is 0 Å². The molecule has 6 heteroatoms. The van der Waals surface area contributed by atoms with Crippen LogP contribution in [0.4, 0.5) is 0 Å². The van der Waals surface area contributed by atoms with Crippen LogP contribution in [0.2, 0.25) is 0 Å². The van der Waals surface area contributed by atoms with E-state index in [9.17, 15) is 0 Å². The molecule has 322 valence electrons. The van der Waals surface area contributed by atoms with E-state index in [0.717, 1.165) is 55.0 Å². The fraction of sp³-hybridized carbons (Fsp3) is 0.481. The predicted octanol–water partition coefficient (Wildman–Crippen LogP) is 15.8. The van der Waals surface area contributed by atoms with Crippen molar-refractivity contribution in [1.29, 1.82) is 0 Å². The smallest absolute Gasteiger partial charge is 0.458 e. The van der Waals surface area contributed by atoms with E-state index < -0.39 is 0 Å². The Morgan fingerprint density at radius 2 is 0.700 bits per heavy atom. The summed E-state index contributed by atoms with van der Waals surface area (Å²) in [6.07, 6.45) is 49.6. The maximum absolute atomic E-state index is 7.06. The third kappa shape index (κ3) is 11.9. The SMILES string of the molecule is C1CCC([PH+](CC[PH+](C2CCCCC2)C2CCCCC2)C2CCCCC2)CC1.[Au+].[Au+].[C-]#Cc1ccc2c(c1)oc1ccccc12.[C-]#Cc1ccc2c(c1)oc1ccccc12. The van der Waals surface area contributed by atoms with Gasteiger partial charge >= 0.3 is 44.8 Å². The van der Waals surface area contributed by atoms with E-state index in [1.54, 1.807) is 141 Å². The van der Waals surface area contributed by atoms with Crippen molar-refractivity contribution in [1.82, 2.24) is 0 Å². The molecule has 6 aromatic rings. The molecule has 0 radical (unpaired) electrons. The molecule has 0 saturated heterocycles. The normalized spacial score (nSPS) is 18.2. The van der Waals surface area contributed by atoms with E-state index >= 15 is 0 Å². The minimum absolute atomic E-state index is 0. The van der Waals surface area contributed by atoms with Gasteiger partial charge in [0.1, 0.15) is 22.3 Å². The topological polar surface area (TPSA) is 26.3 Å². The van der Waals surface area contributed by atoms with Gasteiger partial charge in [-0.3, -0.25) is 11.8 Å². The van der Waals surface area contributed by atoms with Crippen LogP contribution in [-0.2, 0) is 44.8 Å². The van der Waals surface area contributed by atoms with Crippen LogP contribution in [0.5, 0.6) is 0 Å². The van der Waals surface area contributed by atoms with Gasteiger partial charge in [0.25, 0.3) is 0 Å². The number of furan rings is 2. The Morgan fingerprint density at radius 3 is 1.02 bits per heavy atom. The zero-order valence-electron chi connectivity index (χ0n) is 35.4. The second-order valence-electron chi connectivity index (χ2n) is 17.9. The molecule has 60 heavy (non-hydrogen) atoms. The maximum Gasteiger partial charge on any atom is 1.00 e. The molecular weight excluding hydrogens is 1140 g/mol. The van der Waals surface area contributed by atoms with Crippen molar-refractivity contribution in [3.05, 3.63) is 109 Å². The zero-order valence-corrected chi connectivity index (χ0v) is 41.7. The standard InChI is InChI=1S/C26H48P2.2C14H7O.2Au/c1-5-13-23(14-6-1)27(24-15-7-2-8-16-24)21-22-28(25-17-9-3-10-18-25)26-19-11-4-12-20-26;2*1-2-10-7-8-12-11-5-3-4-6-13(11)15-14(12)9-10;;/h23-26H,1-22H2;2*3-9H;;/q;2*-1;2*+1/p+2. The summed E-state index contributed by atoms with van der Waals surface area (Å²) in [5.41, 5.74) is 9.77. The molecule has 0 spiro atoms. The summed E-state index contributed by atoms with van der Waals surface area (Å²) in [7, 11) is -0.182. The Hall–Kier alpha value is -2.06. The van der Waals surface area contributed by atoms with Crippen LogP contribution in [0.1, 0.15) is 140 Å². The van der Waals surface area contributed by atoms with Crippen LogP contribution < -0.4 is 0 Å². The predicted molar refractivity (Wildman–Crippen MR) is 254 cm³/mol. The molecule has 2 heterocycles. The Balaban J connectivity index is 0.000000160. The Labute approximate surface area is 394 Å². The van der Waals surface area contributed by atoms with Crippen molar-refractivity contribution in [2.45, 2.75) is 151 Å². The molecule has 0 bridgehead atoms. The van der Waals surface area contributed by atoms with Gasteiger partial charge in [-0.1, -0.05) is 86.3 Å². The summed E-state index contributed by atoms with van der Waals surface area (Å²) < 4.78 is 11.3. The summed E-state index contributed by atoms with van der Waals surface area (Å²) in [6.45, 7) is 0. The van der Waals surface area contributed by atoms with E-state index in [2.05, 4.69) is 11.8 Å². The van der Waals surface area contributed by atoms with Gasteiger partial charge in [0, 0.05) is 37.4 Å². The maximum atomic E-state index is 7.06. The van der Waals surface area contributed by atoms with Crippen LogP contribution in [0, 0.1) is 24.7 Å². The van der Waals surface area contributed by atoms with E-state index in [1.165, 1.54) is 22.6 Å². The largest absolute Gasteiger partial charge is 1.00 e. The second-order valence-corrected chi connectivity index (χ2v) is 24.4. The summed E-state index contributed by atoms with van der Waals surface area (Å²) >= 11 is 0. The van der Waals surface area contributed by atoms with Gasteiger partial charge in [-0.05, 0) is 115 Å². The van der Waals surface area contributed by atoms with Gasteiger partial charge in [-0.15, -0.1) is 23.3 Å². The van der Waals surface area contributed by atoms with Crippen molar-refractivity contribution < 1.29 is 53.6 Å². The van der Waals surface area contributed by atoms with Gasteiger partial charge in [0.05, 0.1) is 35.0 Å². The first kappa shape index (κ1) is 47.4. The molecule has 2 nitrogen and oxygen atoms in total. The average molecular weight is 1200 g/mol. The van der Waals surface area contributed by atoms with Crippen molar-refractivity contribution in [3.63, 3.8) is 0 Å². The first-order chi connectivity index (χ1) is 28.7. The number of hydrogen-bond acceptors (Lipinski definition) is 2. The fourth-order valence-electron chi connectivity index (χ4n) is 11.3. The molecule has 0 amide bonds. The third-order valence-electron chi connectivity index (χ3n) is 14.3. The molecule has 4 aliphatic carbocycles. The Morgan fingerprint density at radius 1 is 0.400 bits per heavy atom. The fourth-order valence-corrected chi connectivity index (χ4v) is 21.1. The molecule has 4 saturated carbocycles. The van der Waals surface area contributed by atoms with Crippen LogP contribution in [0.15, 0.2) is 93.8 Å². The number of para-hydroxylation sites is 2. The zero-order chi connectivity index (χ0) is 39.5.